The smallest absolute Gasteiger partial charge is 0.103 e. The lowest BCUT2D eigenvalue weighted by Gasteiger charge is -2.12. The van der Waals surface area contributed by atoms with Crippen LogP contribution in [0.2, 0.25) is 0 Å². The van der Waals surface area contributed by atoms with E-state index in [0.29, 0.717) is 6.04 Å². The largest absolute Gasteiger partial charge is 0.469 e. The van der Waals surface area contributed by atoms with Crippen molar-refractivity contribution in [1.29, 1.82) is 0 Å². The summed E-state index contributed by atoms with van der Waals surface area (Å²) in [6.07, 6.45) is 8.58. The minimum absolute atomic E-state index is 0.506. The van der Waals surface area contributed by atoms with E-state index in [1.807, 2.05) is 30.6 Å². The lowest BCUT2D eigenvalue weighted by Crippen LogP contribution is -2.28. The molecule has 2 heterocycles. The summed E-state index contributed by atoms with van der Waals surface area (Å²) in [6.45, 7) is 3.21. The molecule has 2 aromatic rings. The third-order valence-electron chi connectivity index (χ3n) is 3.03. The van der Waals surface area contributed by atoms with Gasteiger partial charge in [0, 0.05) is 24.9 Å². The van der Waals surface area contributed by atoms with E-state index >= 15 is 0 Å². The molecule has 0 aromatic carbocycles. The number of aromatic nitrogens is 1. The van der Waals surface area contributed by atoms with Crippen LogP contribution in [0.1, 0.15) is 24.7 Å². The first-order chi connectivity index (χ1) is 8.84. The molecule has 3 heteroatoms. The molecule has 2 rings (SSSR count). The summed E-state index contributed by atoms with van der Waals surface area (Å²) in [5.74, 6) is 1.07. The molecule has 0 bridgehead atoms. The molecule has 1 N–H and O–H groups in total. The Labute approximate surface area is 108 Å². The molecule has 0 aliphatic rings. The Morgan fingerprint density at radius 1 is 1.28 bits per heavy atom. The van der Waals surface area contributed by atoms with Crippen molar-refractivity contribution in [3.05, 3.63) is 54.2 Å². The van der Waals surface area contributed by atoms with Crippen molar-refractivity contribution in [1.82, 2.24) is 10.3 Å². The zero-order chi connectivity index (χ0) is 12.6. The molecule has 0 saturated heterocycles. The third kappa shape index (κ3) is 4.34. The number of furan rings is 1. The maximum Gasteiger partial charge on any atom is 0.103 e. The Morgan fingerprint density at radius 2 is 2.22 bits per heavy atom. The van der Waals surface area contributed by atoms with Gasteiger partial charge in [-0.05, 0) is 50.1 Å². The highest BCUT2D eigenvalue weighted by Crippen LogP contribution is 2.05. The molecule has 0 aliphatic heterocycles. The molecule has 2 aromatic heterocycles. The zero-order valence-electron chi connectivity index (χ0n) is 10.8. The zero-order valence-corrected chi connectivity index (χ0v) is 10.8. The van der Waals surface area contributed by atoms with Crippen LogP contribution in [0.4, 0.5) is 0 Å². The molecule has 1 unspecified atom stereocenters. The van der Waals surface area contributed by atoms with Gasteiger partial charge in [0.1, 0.15) is 5.76 Å². The van der Waals surface area contributed by atoms with Gasteiger partial charge >= 0.3 is 0 Å². The van der Waals surface area contributed by atoms with Gasteiger partial charge in [-0.3, -0.25) is 4.98 Å². The molecule has 0 aliphatic carbocycles. The second-order valence-electron chi connectivity index (χ2n) is 4.58. The standard InChI is InChI=1S/C15H20N2O/c1-13(6-7-15-5-3-11-18-15)17-10-8-14-4-2-9-16-12-14/h2-5,9,11-13,17H,6-8,10H2,1H3. The maximum absolute atomic E-state index is 5.32. The van der Waals surface area contributed by atoms with Crippen LogP contribution < -0.4 is 5.32 Å². The fourth-order valence-electron chi connectivity index (χ4n) is 1.92. The van der Waals surface area contributed by atoms with Crippen LogP contribution in [0.3, 0.4) is 0 Å². The van der Waals surface area contributed by atoms with Crippen molar-refractivity contribution in [3.63, 3.8) is 0 Å². The highest BCUT2D eigenvalue weighted by molar-refractivity contribution is 5.08. The molecular formula is C15H20N2O. The maximum atomic E-state index is 5.32. The van der Waals surface area contributed by atoms with Crippen LogP contribution in [0, 0.1) is 0 Å². The number of nitrogens with zero attached hydrogens (tertiary/aromatic N) is 1. The Bertz CT molecular complexity index is 425. The van der Waals surface area contributed by atoms with Crippen molar-refractivity contribution in [3.8, 4) is 0 Å². The molecule has 3 nitrogen and oxygen atoms in total. The molecule has 0 spiro atoms. The first-order valence-electron chi connectivity index (χ1n) is 6.49. The van der Waals surface area contributed by atoms with E-state index in [9.17, 15) is 0 Å². The van der Waals surface area contributed by atoms with Crippen LogP contribution in [-0.4, -0.2) is 17.6 Å². The van der Waals surface area contributed by atoms with Gasteiger partial charge in [-0.15, -0.1) is 0 Å². The van der Waals surface area contributed by atoms with Crippen LogP contribution in [0.15, 0.2) is 47.3 Å². The summed E-state index contributed by atoms with van der Waals surface area (Å²) < 4.78 is 5.32. The second kappa shape index (κ2) is 6.97. The Balaban J connectivity index is 1.61. The fourth-order valence-corrected chi connectivity index (χ4v) is 1.92. The van der Waals surface area contributed by atoms with E-state index in [1.165, 1.54) is 5.56 Å². The van der Waals surface area contributed by atoms with Crippen LogP contribution in [-0.2, 0) is 12.8 Å². The Hall–Kier alpha value is -1.61. The van der Waals surface area contributed by atoms with Crippen LogP contribution >= 0.6 is 0 Å². The molecule has 1 atom stereocenters. The predicted molar refractivity (Wildman–Crippen MR) is 72.4 cm³/mol. The minimum Gasteiger partial charge on any atom is -0.469 e. The summed E-state index contributed by atoms with van der Waals surface area (Å²) in [7, 11) is 0. The van der Waals surface area contributed by atoms with Gasteiger partial charge in [0.05, 0.1) is 6.26 Å². The average molecular weight is 244 g/mol. The Kier molecular flexibility index (Phi) is 4.97. The van der Waals surface area contributed by atoms with Crippen molar-refractivity contribution in [2.45, 2.75) is 32.2 Å². The quantitative estimate of drug-likeness (QED) is 0.814. The summed E-state index contributed by atoms with van der Waals surface area (Å²) in [6, 6.07) is 8.57. The first kappa shape index (κ1) is 12.8. The van der Waals surface area contributed by atoms with Crippen molar-refractivity contribution in [2.75, 3.05) is 6.54 Å². The van der Waals surface area contributed by atoms with Crippen LogP contribution in [0.25, 0.3) is 0 Å². The van der Waals surface area contributed by atoms with E-state index in [2.05, 4.69) is 23.3 Å². The van der Waals surface area contributed by atoms with E-state index in [4.69, 9.17) is 4.42 Å². The van der Waals surface area contributed by atoms with Gasteiger partial charge in [-0.25, -0.2) is 0 Å². The monoisotopic (exact) mass is 244 g/mol. The Morgan fingerprint density at radius 3 is 2.94 bits per heavy atom. The van der Waals surface area contributed by atoms with E-state index in [1.54, 1.807) is 6.26 Å². The number of nitrogens with one attached hydrogen (secondary N) is 1. The van der Waals surface area contributed by atoms with Gasteiger partial charge in [-0.1, -0.05) is 6.07 Å². The summed E-state index contributed by atoms with van der Waals surface area (Å²) in [5.41, 5.74) is 1.28. The minimum atomic E-state index is 0.506. The molecular weight excluding hydrogens is 224 g/mol. The number of rotatable bonds is 7. The van der Waals surface area contributed by atoms with Gasteiger partial charge in [-0.2, -0.15) is 0 Å². The second-order valence-corrected chi connectivity index (χ2v) is 4.58. The lowest BCUT2D eigenvalue weighted by molar-refractivity contribution is 0.461. The normalized spacial score (nSPS) is 12.5. The number of pyridine rings is 1. The first-order valence-corrected chi connectivity index (χ1v) is 6.49. The SMILES string of the molecule is CC(CCc1ccco1)NCCc1cccnc1. The molecule has 96 valence electrons. The van der Waals surface area contributed by atoms with Gasteiger partial charge < -0.3 is 9.73 Å². The highest BCUT2D eigenvalue weighted by atomic mass is 16.3. The topological polar surface area (TPSA) is 38.1 Å². The highest BCUT2D eigenvalue weighted by Gasteiger charge is 2.03. The molecule has 18 heavy (non-hydrogen) atoms. The van der Waals surface area contributed by atoms with Crippen molar-refractivity contribution in [2.24, 2.45) is 0 Å². The summed E-state index contributed by atoms with van der Waals surface area (Å²) in [5, 5.41) is 3.52. The van der Waals surface area contributed by atoms with Gasteiger partial charge in [0.25, 0.3) is 0 Å². The van der Waals surface area contributed by atoms with Gasteiger partial charge in [0.15, 0.2) is 0 Å². The van der Waals surface area contributed by atoms with Crippen molar-refractivity contribution < 1.29 is 4.42 Å². The fraction of sp³-hybridized carbons (Fsp3) is 0.400. The van der Waals surface area contributed by atoms with Gasteiger partial charge in [0.2, 0.25) is 0 Å². The van der Waals surface area contributed by atoms with E-state index < -0.39 is 0 Å². The summed E-state index contributed by atoms with van der Waals surface area (Å²) >= 11 is 0. The average Bonchev–Trinajstić information content (AvgIpc) is 2.91. The number of hydrogen-bond acceptors (Lipinski definition) is 3. The number of hydrogen-bond donors (Lipinski definition) is 1. The van der Waals surface area contributed by atoms with Crippen LogP contribution in [0.5, 0.6) is 0 Å². The predicted octanol–water partition coefficient (Wildman–Crippen LogP) is 2.83. The lowest BCUT2D eigenvalue weighted by atomic mass is 10.1. The van der Waals surface area contributed by atoms with E-state index in [-0.39, 0.29) is 0 Å². The molecule has 0 radical (unpaired) electrons. The molecule has 0 fully saturated rings. The van der Waals surface area contributed by atoms with Crippen molar-refractivity contribution >= 4 is 0 Å². The molecule has 0 amide bonds. The molecule has 0 saturated carbocycles. The third-order valence-corrected chi connectivity index (χ3v) is 3.03. The van der Waals surface area contributed by atoms with E-state index in [0.717, 1.165) is 31.6 Å². The summed E-state index contributed by atoms with van der Waals surface area (Å²) in [4.78, 5) is 4.11. The number of aryl methyl sites for hydroxylation is 1.